The molecule has 0 spiro atoms. The van der Waals surface area contributed by atoms with Crippen LogP contribution in [0.3, 0.4) is 0 Å². The normalized spacial score (nSPS) is 14.6. The van der Waals surface area contributed by atoms with Gasteiger partial charge in [0.15, 0.2) is 0 Å². The number of rotatable bonds is 6. The van der Waals surface area contributed by atoms with Crippen molar-refractivity contribution in [2.75, 3.05) is 19.7 Å². The van der Waals surface area contributed by atoms with Gasteiger partial charge in [0.2, 0.25) is 11.8 Å². The number of hydrogen-bond donors (Lipinski definition) is 0. The molecule has 1 aliphatic rings. The molecule has 0 saturated carbocycles. The molecule has 0 radical (unpaired) electrons. The maximum absolute atomic E-state index is 11.8. The monoisotopic (exact) mass is 278 g/mol. The standard InChI is InChI=1S/C14H18N2O4/c1-2-19-14(18)7-6-13(17)16-9-11(10-16)20-12-5-3-4-8-15-12/h3-5,8,11H,2,6-7,9-10H2,1H3. The van der Waals surface area contributed by atoms with Crippen molar-refractivity contribution in [1.82, 2.24) is 9.88 Å². The minimum atomic E-state index is -0.331. The Balaban J connectivity index is 1.65. The first-order valence-corrected chi connectivity index (χ1v) is 6.70. The van der Waals surface area contributed by atoms with Gasteiger partial charge in [0.05, 0.1) is 26.1 Å². The van der Waals surface area contributed by atoms with E-state index in [9.17, 15) is 9.59 Å². The summed E-state index contributed by atoms with van der Waals surface area (Å²) >= 11 is 0. The van der Waals surface area contributed by atoms with Crippen molar-refractivity contribution in [1.29, 1.82) is 0 Å². The molecule has 6 nitrogen and oxygen atoms in total. The van der Waals surface area contributed by atoms with E-state index >= 15 is 0 Å². The lowest BCUT2D eigenvalue weighted by Crippen LogP contribution is -2.56. The first-order chi connectivity index (χ1) is 9.69. The third-order valence-corrected chi connectivity index (χ3v) is 2.97. The zero-order valence-electron chi connectivity index (χ0n) is 11.4. The molecule has 2 rings (SSSR count). The molecule has 0 N–H and O–H groups in total. The Morgan fingerprint density at radius 3 is 2.80 bits per heavy atom. The molecular formula is C14H18N2O4. The second-order valence-electron chi connectivity index (χ2n) is 4.51. The number of amides is 1. The molecule has 0 atom stereocenters. The maximum Gasteiger partial charge on any atom is 0.306 e. The summed E-state index contributed by atoms with van der Waals surface area (Å²) in [5, 5.41) is 0. The lowest BCUT2D eigenvalue weighted by Gasteiger charge is -2.38. The number of aromatic nitrogens is 1. The number of likely N-dealkylation sites (tertiary alicyclic amines) is 1. The summed E-state index contributed by atoms with van der Waals surface area (Å²) in [4.78, 5) is 28.7. The zero-order chi connectivity index (χ0) is 14.4. The quantitative estimate of drug-likeness (QED) is 0.727. The number of ether oxygens (including phenoxy) is 2. The molecule has 1 aromatic rings. The van der Waals surface area contributed by atoms with Crippen molar-refractivity contribution in [3.8, 4) is 5.88 Å². The molecule has 108 valence electrons. The van der Waals surface area contributed by atoms with Gasteiger partial charge in [0.25, 0.3) is 0 Å². The topological polar surface area (TPSA) is 68.7 Å². The number of hydrogen-bond acceptors (Lipinski definition) is 5. The van der Waals surface area contributed by atoms with E-state index in [-0.39, 0.29) is 30.8 Å². The Hall–Kier alpha value is -2.11. The van der Waals surface area contributed by atoms with Crippen LogP contribution in [0.25, 0.3) is 0 Å². The smallest absolute Gasteiger partial charge is 0.306 e. The van der Waals surface area contributed by atoms with Crippen LogP contribution >= 0.6 is 0 Å². The molecule has 1 aromatic heterocycles. The van der Waals surface area contributed by atoms with Gasteiger partial charge in [-0.25, -0.2) is 4.98 Å². The van der Waals surface area contributed by atoms with Crippen LogP contribution in [0.5, 0.6) is 5.88 Å². The highest BCUT2D eigenvalue weighted by Crippen LogP contribution is 2.16. The molecule has 20 heavy (non-hydrogen) atoms. The minimum absolute atomic E-state index is 0.0172. The number of pyridine rings is 1. The molecule has 0 unspecified atom stereocenters. The number of carbonyl (C=O) groups excluding carboxylic acids is 2. The third-order valence-electron chi connectivity index (χ3n) is 2.97. The lowest BCUT2D eigenvalue weighted by molar-refractivity contribution is -0.148. The van der Waals surface area contributed by atoms with Crippen LogP contribution in [0.2, 0.25) is 0 Å². The molecular weight excluding hydrogens is 260 g/mol. The molecule has 0 aliphatic carbocycles. The Morgan fingerprint density at radius 2 is 2.15 bits per heavy atom. The van der Waals surface area contributed by atoms with Gasteiger partial charge in [0, 0.05) is 18.7 Å². The average Bonchev–Trinajstić information content (AvgIpc) is 2.41. The summed E-state index contributed by atoms with van der Waals surface area (Å²) < 4.78 is 10.4. The Labute approximate surface area is 117 Å². The highest BCUT2D eigenvalue weighted by Gasteiger charge is 2.32. The SMILES string of the molecule is CCOC(=O)CCC(=O)N1CC(Oc2ccccn2)C1. The fourth-order valence-corrected chi connectivity index (χ4v) is 1.90. The molecule has 2 heterocycles. The van der Waals surface area contributed by atoms with Gasteiger partial charge in [-0.05, 0) is 13.0 Å². The van der Waals surface area contributed by atoms with Gasteiger partial charge in [-0.3, -0.25) is 9.59 Å². The predicted octanol–water partition coefficient (Wildman–Crippen LogP) is 1.01. The Morgan fingerprint density at radius 1 is 1.35 bits per heavy atom. The largest absolute Gasteiger partial charge is 0.471 e. The molecule has 6 heteroatoms. The molecule has 1 saturated heterocycles. The Kier molecular flexibility index (Phi) is 4.92. The zero-order valence-corrected chi connectivity index (χ0v) is 11.4. The summed E-state index contributed by atoms with van der Waals surface area (Å²) in [7, 11) is 0. The fourth-order valence-electron chi connectivity index (χ4n) is 1.90. The van der Waals surface area contributed by atoms with Crippen LogP contribution in [0.4, 0.5) is 0 Å². The highest BCUT2D eigenvalue weighted by atomic mass is 16.5. The highest BCUT2D eigenvalue weighted by molar-refractivity contribution is 5.82. The third kappa shape index (κ3) is 3.94. The summed E-state index contributed by atoms with van der Waals surface area (Å²) in [5.74, 6) is 0.192. The second kappa shape index (κ2) is 6.88. The van der Waals surface area contributed by atoms with Gasteiger partial charge in [0.1, 0.15) is 6.10 Å². The van der Waals surface area contributed by atoms with E-state index < -0.39 is 0 Å². The number of nitrogens with zero attached hydrogens (tertiary/aromatic N) is 2. The molecule has 1 aliphatic heterocycles. The summed E-state index contributed by atoms with van der Waals surface area (Å²) in [6.07, 6.45) is 1.97. The van der Waals surface area contributed by atoms with Crippen LogP contribution in [0, 0.1) is 0 Å². The van der Waals surface area contributed by atoms with E-state index in [4.69, 9.17) is 9.47 Å². The summed E-state index contributed by atoms with van der Waals surface area (Å²) in [6.45, 7) is 3.17. The number of carbonyl (C=O) groups is 2. The van der Waals surface area contributed by atoms with Crippen molar-refractivity contribution in [2.45, 2.75) is 25.9 Å². The van der Waals surface area contributed by atoms with E-state index in [1.54, 1.807) is 24.1 Å². The first kappa shape index (κ1) is 14.3. The van der Waals surface area contributed by atoms with Crippen molar-refractivity contribution in [2.24, 2.45) is 0 Å². The minimum Gasteiger partial charge on any atom is -0.471 e. The van der Waals surface area contributed by atoms with Gasteiger partial charge in [-0.2, -0.15) is 0 Å². The fraction of sp³-hybridized carbons (Fsp3) is 0.500. The van der Waals surface area contributed by atoms with E-state index in [2.05, 4.69) is 4.98 Å². The van der Waals surface area contributed by atoms with Crippen LogP contribution in [-0.4, -0.2) is 47.6 Å². The maximum atomic E-state index is 11.8. The first-order valence-electron chi connectivity index (χ1n) is 6.70. The van der Waals surface area contributed by atoms with Crippen molar-refractivity contribution in [3.05, 3.63) is 24.4 Å². The van der Waals surface area contributed by atoms with Crippen molar-refractivity contribution in [3.63, 3.8) is 0 Å². The van der Waals surface area contributed by atoms with Crippen molar-refractivity contribution < 1.29 is 19.1 Å². The second-order valence-corrected chi connectivity index (χ2v) is 4.51. The van der Waals surface area contributed by atoms with Gasteiger partial charge >= 0.3 is 5.97 Å². The van der Waals surface area contributed by atoms with Gasteiger partial charge < -0.3 is 14.4 Å². The van der Waals surface area contributed by atoms with E-state index in [1.165, 1.54) is 0 Å². The van der Waals surface area contributed by atoms with Crippen molar-refractivity contribution >= 4 is 11.9 Å². The van der Waals surface area contributed by atoms with E-state index in [1.807, 2.05) is 12.1 Å². The van der Waals surface area contributed by atoms with Crippen LogP contribution in [0.1, 0.15) is 19.8 Å². The van der Waals surface area contributed by atoms with Gasteiger partial charge in [-0.1, -0.05) is 6.07 Å². The van der Waals surface area contributed by atoms with E-state index in [0.29, 0.717) is 25.6 Å². The molecule has 1 fully saturated rings. The van der Waals surface area contributed by atoms with Crippen LogP contribution in [-0.2, 0) is 14.3 Å². The molecule has 0 aromatic carbocycles. The van der Waals surface area contributed by atoms with Crippen LogP contribution < -0.4 is 4.74 Å². The van der Waals surface area contributed by atoms with E-state index in [0.717, 1.165) is 0 Å². The molecule has 0 bridgehead atoms. The predicted molar refractivity (Wildman–Crippen MR) is 71.1 cm³/mol. The Bertz CT molecular complexity index is 458. The lowest BCUT2D eigenvalue weighted by atomic mass is 10.1. The van der Waals surface area contributed by atoms with Gasteiger partial charge in [-0.15, -0.1) is 0 Å². The van der Waals surface area contributed by atoms with Crippen LogP contribution in [0.15, 0.2) is 24.4 Å². The number of esters is 1. The molecule has 1 amide bonds. The summed E-state index contributed by atoms with van der Waals surface area (Å²) in [5.41, 5.74) is 0. The summed E-state index contributed by atoms with van der Waals surface area (Å²) in [6, 6.07) is 5.45. The average molecular weight is 278 g/mol.